The third-order valence-corrected chi connectivity index (χ3v) is 2.58. The molecule has 4 N–H and O–H groups in total. The van der Waals surface area contributed by atoms with Crippen LogP contribution in [0, 0.1) is 6.42 Å². The van der Waals surface area contributed by atoms with Gasteiger partial charge in [0.15, 0.2) is 5.82 Å². The van der Waals surface area contributed by atoms with Crippen molar-refractivity contribution in [2.24, 2.45) is 5.73 Å². The topological polar surface area (TPSA) is 127 Å². The lowest BCUT2D eigenvalue weighted by Crippen LogP contribution is -2.23. The van der Waals surface area contributed by atoms with Crippen LogP contribution >= 0.6 is 0 Å². The lowest BCUT2D eigenvalue weighted by Gasteiger charge is -2.06. The Morgan fingerprint density at radius 1 is 1.35 bits per heavy atom. The minimum Gasteiger partial charge on any atom is -0.366 e. The summed E-state index contributed by atoms with van der Waals surface area (Å²) in [6.45, 7) is 0.219. The van der Waals surface area contributed by atoms with Gasteiger partial charge in [-0.15, -0.1) is 5.10 Å². The fourth-order valence-electron chi connectivity index (χ4n) is 1.61. The number of hydrogen-bond donors (Lipinski definition) is 3. The van der Waals surface area contributed by atoms with E-state index in [0.717, 1.165) is 0 Å². The number of H-pyrrole nitrogens is 1. The number of aromatic amines is 1. The van der Waals surface area contributed by atoms with Crippen LogP contribution in [-0.4, -0.2) is 32.4 Å². The Labute approximate surface area is 114 Å². The summed E-state index contributed by atoms with van der Waals surface area (Å²) >= 11 is 0. The zero-order chi connectivity index (χ0) is 14.4. The summed E-state index contributed by atoms with van der Waals surface area (Å²) in [6.07, 6.45) is 1.78. The highest BCUT2D eigenvalue weighted by atomic mass is 16.2. The van der Waals surface area contributed by atoms with E-state index >= 15 is 0 Å². The number of hydrogen-bond acceptors (Lipinski definition) is 5. The quantitative estimate of drug-likeness (QED) is 0.657. The smallest absolute Gasteiger partial charge is 0.248 e. The number of amides is 2. The highest BCUT2D eigenvalue weighted by molar-refractivity contribution is 5.95. The number of nitrogens with zero attached hydrogens (tertiary/aromatic N) is 3. The van der Waals surface area contributed by atoms with Crippen LogP contribution in [0.5, 0.6) is 0 Å². The Morgan fingerprint density at radius 3 is 2.85 bits per heavy atom. The minimum atomic E-state index is -0.523. The molecule has 2 rings (SSSR count). The van der Waals surface area contributed by atoms with Crippen molar-refractivity contribution in [1.82, 2.24) is 25.9 Å². The molecule has 0 fully saturated rings. The standard InChI is InChI=1S/C12H13N6O2/c13-12(20)9-4-2-1-3-8(9)5-6-11(19)14-7-10-15-17-18-16-10/h1-5H,6-7H2,(H2,13,20)(H,14,19)(H,15,16,17,18). The summed E-state index contributed by atoms with van der Waals surface area (Å²) in [4.78, 5) is 22.9. The summed E-state index contributed by atoms with van der Waals surface area (Å²) in [7, 11) is 0. The predicted octanol–water partition coefficient (Wildman–Crippen LogP) is -0.443. The van der Waals surface area contributed by atoms with Crippen LogP contribution in [0.3, 0.4) is 0 Å². The minimum absolute atomic E-state index is 0.131. The molecule has 0 aliphatic rings. The molecule has 8 nitrogen and oxygen atoms in total. The predicted molar refractivity (Wildman–Crippen MR) is 69.0 cm³/mol. The van der Waals surface area contributed by atoms with Crippen LogP contribution in [0.1, 0.15) is 28.2 Å². The van der Waals surface area contributed by atoms with Gasteiger partial charge >= 0.3 is 0 Å². The number of aromatic nitrogens is 4. The molecule has 0 bridgehead atoms. The van der Waals surface area contributed by atoms with Gasteiger partial charge < -0.3 is 11.1 Å². The van der Waals surface area contributed by atoms with E-state index in [1.807, 2.05) is 0 Å². The molecule has 0 saturated heterocycles. The highest BCUT2D eigenvalue weighted by Gasteiger charge is 2.09. The van der Waals surface area contributed by atoms with Crippen molar-refractivity contribution in [3.05, 3.63) is 47.6 Å². The first-order valence-corrected chi connectivity index (χ1v) is 5.88. The van der Waals surface area contributed by atoms with Crippen molar-refractivity contribution < 1.29 is 9.59 Å². The maximum Gasteiger partial charge on any atom is 0.248 e. The molecule has 0 aliphatic heterocycles. The van der Waals surface area contributed by atoms with Gasteiger partial charge in [-0.1, -0.05) is 18.2 Å². The molecule has 1 radical (unpaired) electrons. The van der Waals surface area contributed by atoms with E-state index in [4.69, 9.17) is 5.73 Å². The Balaban J connectivity index is 1.85. The van der Waals surface area contributed by atoms with E-state index in [9.17, 15) is 9.59 Å². The average Bonchev–Trinajstić information content (AvgIpc) is 2.96. The molecule has 1 aromatic carbocycles. The van der Waals surface area contributed by atoms with Gasteiger partial charge in [-0.3, -0.25) is 9.59 Å². The molecule has 2 amide bonds. The van der Waals surface area contributed by atoms with Crippen molar-refractivity contribution in [3.63, 3.8) is 0 Å². The van der Waals surface area contributed by atoms with Crippen molar-refractivity contribution in [3.8, 4) is 0 Å². The molecule has 103 valence electrons. The van der Waals surface area contributed by atoms with Crippen molar-refractivity contribution in [2.75, 3.05) is 0 Å². The second kappa shape index (κ2) is 6.41. The monoisotopic (exact) mass is 273 g/mol. The molecule has 8 heteroatoms. The first kappa shape index (κ1) is 13.7. The molecule has 0 unspecified atom stereocenters. The Kier molecular flexibility index (Phi) is 4.38. The zero-order valence-electron chi connectivity index (χ0n) is 10.5. The summed E-state index contributed by atoms with van der Waals surface area (Å²) in [6, 6.07) is 6.84. The number of carbonyl (C=O) groups is 2. The number of nitrogens with two attached hydrogens (primary N) is 1. The van der Waals surface area contributed by atoms with E-state index < -0.39 is 5.91 Å². The molecule has 0 spiro atoms. The number of primary amides is 1. The van der Waals surface area contributed by atoms with Crippen molar-refractivity contribution in [1.29, 1.82) is 0 Å². The zero-order valence-corrected chi connectivity index (χ0v) is 10.5. The van der Waals surface area contributed by atoms with Gasteiger partial charge in [0.05, 0.1) is 6.54 Å². The molecule has 1 aromatic heterocycles. The van der Waals surface area contributed by atoms with E-state index in [0.29, 0.717) is 17.0 Å². The molecule has 2 aromatic rings. The number of benzene rings is 1. The maximum atomic E-state index is 11.7. The molecule has 0 saturated carbocycles. The van der Waals surface area contributed by atoms with Gasteiger partial charge in [-0.05, 0) is 22.1 Å². The van der Waals surface area contributed by atoms with Crippen LogP contribution < -0.4 is 11.1 Å². The molecule has 20 heavy (non-hydrogen) atoms. The number of rotatable bonds is 6. The third kappa shape index (κ3) is 3.61. The van der Waals surface area contributed by atoms with Crippen LogP contribution in [0.25, 0.3) is 0 Å². The second-order valence-electron chi connectivity index (χ2n) is 3.98. The molecule has 1 heterocycles. The number of carbonyl (C=O) groups excluding carboxylic acids is 2. The lowest BCUT2D eigenvalue weighted by atomic mass is 10.0. The largest absolute Gasteiger partial charge is 0.366 e. The van der Waals surface area contributed by atoms with E-state index in [-0.39, 0.29) is 18.9 Å². The van der Waals surface area contributed by atoms with Crippen molar-refractivity contribution in [2.45, 2.75) is 13.0 Å². The maximum absolute atomic E-state index is 11.7. The van der Waals surface area contributed by atoms with Gasteiger partial charge in [0.1, 0.15) is 0 Å². The molecular formula is C12H13N6O2. The number of nitrogens with one attached hydrogen (secondary N) is 2. The van der Waals surface area contributed by atoms with Gasteiger partial charge in [0.2, 0.25) is 11.8 Å². The first-order chi connectivity index (χ1) is 9.66. The van der Waals surface area contributed by atoms with Crippen molar-refractivity contribution >= 4 is 11.8 Å². The fraction of sp³-hybridized carbons (Fsp3) is 0.167. The third-order valence-electron chi connectivity index (χ3n) is 2.58. The van der Waals surface area contributed by atoms with E-state index in [2.05, 4.69) is 25.9 Å². The Morgan fingerprint density at radius 2 is 2.15 bits per heavy atom. The molecular weight excluding hydrogens is 260 g/mol. The summed E-state index contributed by atoms with van der Waals surface area (Å²) in [5, 5.41) is 15.6. The highest BCUT2D eigenvalue weighted by Crippen LogP contribution is 2.12. The van der Waals surface area contributed by atoms with Crippen LogP contribution in [0.15, 0.2) is 24.3 Å². The first-order valence-electron chi connectivity index (χ1n) is 5.88. The fourth-order valence-corrected chi connectivity index (χ4v) is 1.61. The van der Waals surface area contributed by atoms with Gasteiger partial charge in [-0.2, -0.15) is 0 Å². The average molecular weight is 273 g/mol. The Hall–Kier alpha value is -2.77. The van der Waals surface area contributed by atoms with E-state index in [1.54, 1.807) is 30.7 Å². The van der Waals surface area contributed by atoms with Gasteiger partial charge in [-0.25, -0.2) is 5.10 Å². The summed E-state index contributed by atoms with van der Waals surface area (Å²) < 4.78 is 0. The van der Waals surface area contributed by atoms with Crippen LogP contribution in [0.4, 0.5) is 0 Å². The SMILES string of the molecule is NC(=O)c1ccccc1[CH]CC(=O)NCc1nnn[nH]1. The van der Waals surface area contributed by atoms with Crippen LogP contribution in [-0.2, 0) is 11.3 Å². The second-order valence-corrected chi connectivity index (χ2v) is 3.98. The van der Waals surface area contributed by atoms with Crippen LogP contribution in [0.2, 0.25) is 0 Å². The normalized spacial score (nSPS) is 10.2. The summed E-state index contributed by atoms with van der Waals surface area (Å²) in [5.74, 6) is -0.262. The van der Waals surface area contributed by atoms with E-state index in [1.165, 1.54) is 0 Å². The lowest BCUT2D eigenvalue weighted by molar-refractivity contribution is -0.120. The number of tetrazole rings is 1. The molecule has 0 aliphatic carbocycles. The molecule has 0 atom stereocenters. The van der Waals surface area contributed by atoms with Gasteiger partial charge in [0, 0.05) is 18.4 Å². The summed E-state index contributed by atoms with van der Waals surface area (Å²) in [5.41, 5.74) is 6.28. The van der Waals surface area contributed by atoms with Gasteiger partial charge in [0.25, 0.3) is 0 Å². The Bertz CT molecular complexity index is 596.